The number of rotatable bonds is 10. The molecular weight excluding hydrogens is 208 g/mol. The van der Waals surface area contributed by atoms with Crippen LogP contribution < -0.4 is 0 Å². The van der Waals surface area contributed by atoms with Gasteiger partial charge in [0.2, 0.25) is 0 Å². The predicted molar refractivity (Wildman–Crippen MR) is 61.7 cm³/mol. The Bertz CT molecular complexity index is 170. The monoisotopic (exact) mass is 231 g/mol. The summed E-state index contributed by atoms with van der Waals surface area (Å²) in [5.41, 5.74) is 0. The molecule has 4 heteroatoms. The average molecular weight is 231 g/mol. The zero-order valence-corrected chi connectivity index (χ0v) is 10.0. The molecule has 0 aliphatic rings. The van der Waals surface area contributed by atoms with Gasteiger partial charge in [0.25, 0.3) is 0 Å². The number of unbranched alkanes of at least 4 members (excludes halogenated alkanes) is 5. The van der Waals surface area contributed by atoms with Crippen LogP contribution in [0.25, 0.3) is 0 Å². The second kappa shape index (κ2) is 10.8. The van der Waals surface area contributed by atoms with E-state index in [1.807, 2.05) is 0 Å². The van der Waals surface area contributed by atoms with Crippen molar-refractivity contribution in [2.24, 2.45) is 0 Å². The molecule has 16 heavy (non-hydrogen) atoms. The Hall–Kier alpha value is -0.740. The molecule has 0 heterocycles. The molecule has 0 aliphatic heterocycles. The highest BCUT2D eigenvalue weighted by molar-refractivity contribution is 5.69. The average Bonchev–Trinajstić information content (AvgIpc) is 2.30. The SMILES string of the molecule is CCC[CH+]CCCCC(=O)OCC(O)CO. The Balaban J connectivity index is 3.24. The Morgan fingerprint density at radius 3 is 2.75 bits per heavy atom. The number of hydrogen-bond acceptors (Lipinski definition) is 4. The highest BCUT2D eigenvalue weighted by Crippen LogP contribution is 2.06. The van der Waals surface area contributed by atoms with Crippen molar-refractivity contribution in [1.29, 1.82) is 0 Å². The third-order valence-electron chi connectivity index (χ3n) is 2.18. The van der Waals surface area contributed by atoms with Gasteiger partial charge < -0.3 is 14.9 Å². The van der Waals surface area contributed by atoms with Crippen molar-refractivity contribution in [2.75, 3.05) is 13.2 Å². The molecule has 0 rings (SSSR count). The zero-order chi connectivity index (χ0) is 12.2. The molecule has 0 saturated heterocycles. The van der Waals surface area contributed by atoms with Gasteiger partial charge in [-0.15, -0.1) is 0 Å². The van der Waals surface area contributed by atoms with Gasteiger partial charge in [0.15, 0.2) is 0 Å². The summed E-state index contributed by atoms with van der Waals surface area (Å²) in [7, 11) is 0. The maximum Gasteiger partial charge on any atom is 0.305 e. The second-order valence-corrected chi connectivity index (χ2v) is 3.84. The van der Waals surface area contributed by atoms with Gasteiger partial charge in [-0.05, 0) is 19.3 Å². The maximum absolute atomic E-state index is 11.1. The summed E-state index contributed by atoms with van der Waals surface area (Å²) < 4.78 is 4.76. The molecule has 0 bridgehead atoms. The number of hydrogen-bond donors (Lipinski definition) is 2. The van der Waals surface area contributed by atoms with Gasteiger partial charge in [-0.3, -0.25) is 4.79 Å². The van der Waals surface area contributed by atoms with Crippen molar-refractivity contribution in [3.05, 3.63) is 6.42 Å². The first-order chi connectivity index (χ1) is 7.70. The molecule has 0 fully saturated rings. The van der Waals surface area contributed by atoms with E-state index in [-0.39, 0.29) is 19.2 Å². The van der Waals surface area contributed by atoms with Crippen LogP contribution >= 0.6 is 0 Å². The summed E-state index contributed by atoms with van der Waals surface area (Å²) in [6.45, 7) is 1.65. The van der Waals surface area contributed by atoms with E-state index in [4.69, 9.17) is 14.9 Å². The van der Waals surface area contributed by atoms with Crippen molar-refractivity contribution in [3.63, 3.8) is 0 Å². The Morgan fingerprint density at radius 1 is 1.38 bits per heavy atom. The van der Waals surface area contributed by atoms with Crippen LogP contribution in [0.15, 0.2) is 0 Å². The molecule has 0 saturated carbocycles. The number of aliphatic hydroxyl groups excluding tert-OH is 2. The predicted octanol–water partition coefficient (Wildman–Crippen LogP) is 1.45. The Labute approximate surface area is 97.6 Å². The fraction of sp³-hybridized carbons (Fsp3) is 0.833. The molecule has 94 valence electrons. The van der Waals surface area contributed by atoms with Gasteiger partial charge in [0.05, 0.1) is 25.9 Å². The molecule has 0 aromatic rings. The lowest BCUT2D eigenvalue weighted by molar-refractivity contribution is -0.147. The molecule has 0 amide bonds. The van der Waals surface area contributed by atoms with Crippen molar-refractivity contribution in [2.45, 2.75) is 51.6 Å². The number of esters is 1. The van der Waals surface area contributed by atoms with Crippen LogP contribution in [-0.4, -0.2) is 35.5 Å². The first kappa shape index (κ1) is 15.3. The summed E-state index contributed by atoms with van der Waals surface area (Å²) in [5.74, 6) is -0.303. The van der Waals surface area contributed by atoms with E-state index >= 15 is 0 Å². The zero-order valence-electron chi connectivity index (χ0n) is 10.0. The lowest BCUT2D eigenvalue weighted by Crippen LogP contribution is -2.21. The Morgan fingerprint density at radius 2 is 2.12 bits per heavy atom. The van der Waals surface area contributed by atoms with Gasteiger partial charge in [0, 0.05) is 6.42 Å². The lowest BCUT2D eigenvalue weighted by atomic mass is 10.1. The van der Waals surface area contributed by atoms with Crippen molar-refractivity contribution in [1.82, 2.24) is 0 Å². The van der Waals surface area contributed by atoms with Gasteiger partial charge in [-0.2, -0.15) is 0 Å². The molecule has 0 aromatic heterocycles. The molecule has 2 N–H and O–H groups in total. The highest BCUT2D eigenvalue weighted by atomic mass is 16.5. The topological polar surface area (TPSA) is 66.8 Å². The summed E-state index contributed by atoms with van der Waals surface area (Å²) >= 11 is 0. The molecule has 0 aromatic carbocycles. The molecule has 0 radical (unpaired) electrons. The van der Waals surface area contributed by atoms with Gasteiger partial charge in [-0.25, -0.2) is 0 Å². The molecular formula is C12H23O4+. The van der Waals surface area contributed by atoms with Crippen molar-refractivity contribution < 1.29 is 19.7 Å². The van der Waals surface area contributed by atoms with Crippen molar-refractivity contribution >= 4 is 5.97 Å². The van der Waals surface area contributed by atoms with E-state index in [2.05, 4.69) is 13.3 Å². The molecule has 4 nitrogen and oxygen atoms in total. The molecule has 0 aliphatic carbocycles. The van der Waals surface area contributed by atoms with E-state index in [0.29, 0.717) is 6.42 Å². The van der Waals surface area contributed by atoms with Crippen LogP contribution in [0, 0.1) is 6.42 Å². The van der Waals surface area contributed by atoms with E-state index in [9.17, 15) is 4.79 Å². The first-order valence-corrected chi connectivity index (χ1v) is 5.97. The van der Waals surface area contributed by atoms with E-state index in [1.54, 1.807) is 0 Å². The van der Waals surface area contributed by atoms with Gasteiger partial charge in [0.1, 0.15) is 12.7 Å². The molecule has 0 spiro atoms. The van der Waals surface area contributed by atoms with Crippen LogP contribution in [0.3, 0.4) is 0 Å². The smallest absolute Gasteiger partial charge is 0.305 e. The van der Waals surface area contributed by atoms with Crippen LogP contribution in [0.1, 0.15) is 45.4 Å². The Kier molecular flexibility index (Phi) is 10.3. The molecule has 1 unspecified atom stereocenters. The van der Waals surface area contributed by atoms with Gasteiger partial charge in [-0.1, -0.05) is 6.92 Å². The fourth-order valence-electron chi connectivity index (χ4n) is 1.22. The van der Waals surface area contributed by atoms with Crippen LogP contribution in [-0.2, 0) is 9.53 Å². The third-order valence-corrected chi connectivity index (χ3v) is 2.18. The number of carbonyl (C=O) groups is 1. The minimum atomic E-state index is -0.957. The van der Waals surface area contributed by atoms with Crippen molar-refractivity contribution in [3.8, 4) is 0 Å². The van der Waals surface area contributed by atoms with Crippen LogP contribution in [0.2, 0.25) is 0 Å². The summed E-state index contributed by atoms with van der Waals surface area (Å²) in [6, 6.07) is 0. The minimum Gasteiger partial charge on any atom is -0.463 e. The quantitative estimate of drug-likeness (QED) is 0.339. The summed E-state index contributed by atoms with van der Waals surface area (Å²) in [5, 5.41) is 17.4. The maximum atomic E-state index is 11.1. The van der Waals surface area contributed by atoms with E-state index in [0.717, 1.165) is 25.7 Å². The number of aliphatic hydroxyl groups is 2. The summed E-state index contributed by atoms with van der Waals surface area (Å²) in [6.07, 6.45) is 6.82. The normalized spacial score (nSPS) is 12.2. The molecule has 1 atom stereocenters. The largest absolute Gasteiger partial charge is 0.463 e. The minimum absolute atomic E-state index is 0.114. The third kappa shape index (κ3) is 9.80. The van der Waals surface area contributed by atoms with Crippen LogP contribution in [0.5, 0.6) is 0 Å². The number of carbonyl (C=O) groups excluding carboxylic acids is 1. The van der Waals surface area contributed by atoms with Crippen LogP contribution in [0.4, 0.5) is 0 Å². The van der Waals surface area contributed by atoms with Gasteiger partial charge >= 0.3 is 5.97 Å². The summed E-state index contributed by atoms with van der Waals surface area (Å²) in [4.78, 5) is 11.1. The number of ether oxygens (including phenoxy) is 1. The second-order valence-electron chi connectivity index (χ2n) is 3.84. The van der Waals surface area contributed by atoms with E-state index in [1.165, 1.54) is 6.42 Å². The lowest BCUT2D eigenvalue weighted by Gasteiger charge is -2.07. The standard InChI is InChI=1S/C12H23O4/c1-2-3-4-5-6-7-8-12(15)16-10-11(14)9-13/h4,11,13-14H,2-3,5-10H2,1H3/q+1. The fourth-order valence-corrected chi connectivity index (χ4v) is 1.22. The van der Waals surface area contributed by atoms with E-state index < -0.39 is 6.10 Å². The first-order valence-electron chi connectivity index (χ1n) is 5.97. The highest BCUT2D eigenvalue weighted by Gasteiger charge is 2.07.